The van der Waals surface area contributed by atoms with Gasteiger partial charge in [0.05, 0.1) is 31.7 Å². The number of aliphatic carboxylic acids is 1. The number of carboxylic acids is 1. The molecule has 3 heterocycles. The second kappa shape index (κ2) is 6.23. The Morgan fingerprint density at radius 2 is 2.19 bits per heavy atom. The Morgan fingerprint density at radius 3 is 2.81 bits per heavy atom. The van der Waals surface area contributed by atoms with Gasteiger partial charge in [-0.3, -0.25) is 14.6 Å². The fraction of sp³-hybridized carbons (Fsp3) is 0.579. The number of aliphatic hydroxyl groups excluding tert-OH is 1. The van der Waals surface area contributed by atoms with Crippen molar-refractivity contribution in [1.29, 1.82) is 5.26 Å². The first kappa shape index (κ1) is 17.3. The number of ether oxygens (including phenoxy) is 1. The van der Waals surface area contributed by atoms with E-state index >= 15 is 0 Å². The van der Waals surface area contributed by atoms with Crippen LogP contribution in [0.5, 0.6) is 5.75 Å². The van der Waals surface area contributed by atoms with Gasteiger partial charge in [0.25, 0.3) is 0 Å². The Kier molecular flexibility index (Phi) is 4.14. The van der Waals surface area contributed by atoms with Gasteiger partial charge in [-0.05, 0) is 31.5 Å². The smallest absolute Gasteiger partial charge is 0.308 e. The molecule has 1 aromatic rings. The zero-order chi connectivity index (χ0) is 18.6. The summed E-state index contributed by atoms with van der Waals surface area (Å²) in [6, 6.07) is 6.93. The molecule has 7 heteroatoms. The summed E-state index contributed by atoms with van der Waals surface area (Å²) in [6.07, 6.45) is 1.11. The van der Waals surface area contributed by atoms with E-state index in [0.29, 0.717) is 18.6 Å². The highest BCUT2D eigenvalue weighted by Crippen LogP contribution is 2.49. The SMILES string of the molecule is COc1cccc2c1[C@H](CO)N1[C@H](C#N)[C@@H]3C[C@H](C(=O)O)[C@H]([C@@H]1C2)N3C. The van der Waals surface area contributed by atoms with Gasteiger partial charge in [0.1, 0.15) is 11.8 Å². The summed E-state index contributed by atoms with van der Waals surface area (Å²) in [6.45, 7) is -0.136. The zero-order valence-corrected chi connectivity index (χ0v) is 14.9. The molecule has 6 atom stereocenters. The van der Waals surface area contributed by atoms with Crippen molar-refractivity contribution in [2.45, 2.75) is 43.1 Å². The molecule has 0 saturated carbocycles. The van der Waals surface area contributed by atoms with Crippen LogP contribution in [0, 0.1) is 17.2 Å². The van der Waals surface area contributed by atoms with Crippen molar-refractivity contribution in [3.05, 3.63) is 29.3 Å². The molecule has 2 bridgehead atoms. The quantitative estimate of drug-likeness (QED) is 0.819. The third-order valence-electron chi connectivity index (χ3n) is 6.48. The molecule has 7 nitrogen and oxygen atoms in total. The third kappa shape index (κ3) is 2.19. The van der Waals surface area contributed by atoms with Crippen molar-refractivity contribution in [3.8, 4) is 11.8 Å². The van der Waals surface area contributed by atoms with E-state index in [1.165, 1.54) is 0 Å². The van der Waals surface area contributed by atoms with Crippen molar-refractivity contribution >= 4 is 5.97 Å². The average Bonchev–Trinajstić information content (AvgIpc) is 2.90. The normalized spacial score (nSPS) is 36.1. The fourth-order valence-electron chi connectivity index (χ4n) is 5.48. The van der Waals surface area contributed by atoms with E-state index in [2.05, 4.69) is 15.9 Å². The van der Waals surface area contributed by atoms with Crippen molar-refractivity contribution < 1.29 is 19.7 Å². The van der Waals surface area contributed by atoms with Gasteiger partial charge in [0.2, 0.25) is 0 Å². The topological polar surface area (TPSA) is 97.0 Å². The van der Waals surface area contributed by atoms with E-state index < -0.39 is 17.9 Å². The maximum Gasteiger partial charge on any atom is 0.308 e. The highest BCUT2D eigenvalue weighted by molar-refractivity contribution is 5.72. The summed E-state index contributed by atoms with van der Waals surface area (Å²) in [5.41, 5.74) is 1.98. The number of rotatable bonds is 3. The average molecular weight is 357 g/mol. The molecule has 138 valence electrons. The number of aliphatic hydroxyl groups is 1. The van der Waals surface area contributed by atoms with Gasteiger partial charge in [-0.25, -0.2) is 0 Å². The van der Waals surface area contributed by atoms with Crippen LogP contribution in [0.25, 0.3) is 0 Å². The monoisotopic (exact) mass is 357 g/mol. The second-order valence-corrected chi connectivity index (χ2v) is 7.43. The summed E-state index contributed by atoms with van der Waals surface area (Å²) in [5.74, 6) is -0.597. The van der Waals surface area contributed by atoms with Gasteiger partial charge in [-0.1, -0.05) is 12.1 Å². The predicted octanol–water partition coefficient (Wildman–Crippen LogP) is 0.635. The number of methoxy groups -OCH3 is 1. The van der Waals surface area contributed by atoms with Crippen LogP contribution in [0.2, 0.25) is 0 Å². The number of nitriles is 1. The number of hydrogen-bond acceptors (Lipinski definition) is 6. The van der Waals surface area contributed by atoms with Crippen LogP contribution in [0.3, 0.4) is 0 Å². The third-order valence-corrected chi connectivity index (χ3v) is 6.48. The Bertz CT molecular complexity index is 777. The van der Waals surface area contributed by atoms with Crippen LogP contribution >= 0.6 is 0 Å². The van der Waals surface area contributed by atoms with Gasteiger partial charge < -0.3 is 14.9 Å². The van der Waals surface area contributed by atoms with E-state index in [1.807, 2.05) is 25.2 Å². The van der Waals surface area contributed by atoms with Gasteiger partial charge in [0.15, 0.2) is 0 Å². The molecule has 26 heavy (non-hydrogen) atoms. The molecular formula is C19H23N3O4. The Labute approximate surface area is 152 Å². The Balaban J connectivity index is 1.87. The fourth-order valence-corrected chi connectivity index (χ4v) is 5.48. The van der Waals surface area contributed by atoms with Crippen LogP contribution in [0.15, 0.2) is 18.2 Å². The van der Waals surface area contributed by atoms with Gasteiger partial charge in [0, 0.05) is 23.7 Å². The minimum atomic E-state index is -0.806. The number of benzene rings is 1. The summed E-state index contributed by atoms with van der Waals surface area (Å²) in [5, 5.41) is 29.8. The first-order chi connectivity index (χ1) is 12.5. The molecular weight excluding hydrogens is 334 g/mol. The lowest BCUT2D eigenvalue weighted by molar-refractivity contribution is -0.144. The number of piperazine rings is 1. The van der Waals surface area contributed by atoms with Crippen molar-refractivity contribution in [2.24, 2.45) is 5.92 Å². The number of carboxylic acid groups (broad SMARTS) is 1. The molecule has 3 aliphatic heterocycles. The number of fused-ring (bicyclic) bond motifs is 5. The van der Waals surface area contributed by atoms with Crippen molar-refractivity contribution in [3.63, 3.8) is 0 Å². The second-order valence-electron chi connectivity index (χ2n) is 7.43. The lowest BCUT2D eigenvalue weighted by atomic mass is 9.80. The van der Waals surface area contributed by atoms with E-state index in [-0.39, 0.29) is 30.8 Å². The summed E-state index contributed by atoms with van der Waals surface area (Å²) < 4.78 is 5.52. The summed E-state index contributed by atoms with van der Waals surface area (Å²) in [4.78, 5) is 16.0. The van der Waals surface area contributed by atoms with E-state index in [0.717, 1.165) is 11.1 Å². The molecule has 2 N–H and O–H groups in total. The first-order valence-electron chi connectivity index (χ1n) is 8.91. The summed E-state index contributed by atoms with van der Waals surface area (Å²) >= 11 is 0. The molecule has 0 amide bonds. The maximum absolute atomic E-state index is 11.9. The number of nitrogens with zero attached hydrogens (tertiary/aromatic N) is 3. The van der Waals surface area contributed by atoms with Crippen LogP contribution < -0.4 is 4.74 Å². The highest BCUT2D eigenvalue weighted by atomic mass is 16.5. The molecule has 0 spiro atoms. The first-order valence-corrected chi connectivity index (χ1v) is 8.91. The molecule has 0 unspecified atom stereocenters. The number of likely N-dealkylation sites (N-methyl/N-ethyl adjacent to an activating group) is 1. The van der Waals surface area contributed by atoms with E-state index in [4.69, 9.17) is 4.74 Å². The van der Waals surface area contributed by atoms with Crippen LogP contribution in [0.1, 0.15) is 23.6 Å². The van der Waals surface area contributed by atoms with Gasteiger partial charge in [-0.2, -0.15) is 5.26 Å². The van der Waals surface area contributed by atoms with Crippen molar-refractivity contribution in [1.82, 2.24) is 9.80 Å². The van der Waals surface area contributed by atoms with E-state index in [9.17, 15) is 20.3 Å². The highest BCUT2D eigenvalue weighted by Gasteiger charge is 2.59. The molecule has 2 fully saturated rings. The molecule has 0 aliphatic carbocycles. The largest absolute Gasteiger partial charge is 0.496 e. The lowest BCUT2D eigenvalue weighted by Crippen LogP contribution is -2.67. The maximum atomic E-state index is 11.9. The lowest BCUT2D eigenvalue weighted by Gasteiger charge is -2.54. The van der Waals surface area contributed by atoms with Crippen LogP contribution in [-0.4, -0.2) is 70.9 Å². The summed E-state index contributed by atoms with van der Waals surface area (Å²) in [7, 11) is 3.53. The standard InChI is InChI=1S/C19H23N3O4/c1-21-12-7-11(19(24)25)18(21)13-6-10-4-3-5-16(26-2)17(10)15(9-23)22(13)14(12)8-20/h3-5,11-15,18,23H,6-7,9H2,1-2H3,(H,24,25)/t11-,12-,13-,14+,15-,18+/m0/s1. The molecule has 2 saturated heterocycles. The Hall–Kier alpha value is -2.14. The molecule has 0 aromatic heterocycles. The molecule has 3 aliphatic rings. The Morgan fingerprint density at radius 1 is 1.42 bits per heavy atom. The molecule has 4 rings (SSSR count). The predicted molar refractivity (Wildman–Crippen MR) is 92.6 cm³/mol. The van der Waals surface area contributed by atoms with E-state index in [1.54, 1.807) is 7.11 Å². The van der Waals surface area contributed by atoms with Gasteiger partial charge >= 0.3 is 5.97 Å². The number of carbonyl (C=O) groups is 1. The minimum Gasteiger partial charge on any atom is -0.496 e. The molecule has 1 aromatic carbocycles. The van der Waals surface area contributed by atoms with Crippen molar-refractivity contribution in [2.75, 3.05) is 20.8 Å². The van der Waals surface area contributed by atoms with Crippen LogP contribution in [0.4, 0.5) is 0 Å². The minimum absolute atomic E-state index is 0.124. The zero-order valence-electron chi connectivity index (χ0n) is 14.9. The van der Waals surface area contributed by atoms with Crippen LogP contribution in [-0.2, 0) is 11.2 Å². The molecule has 0 radical (unpaired) electrons. The van der Waals surface area contributed by atoms with Gasteiger partial charge in [-0.15, -0.1) is 0 Å². The number of hydrogen-bond donors (Lipinski definition) is 2.